The van der Waals surface area contributed by atoms with E-state index < -0.39 is 35.1 Å². The normalized spacial score (nSPS) is 13.6. The summed E-state index contributed by atoms with van der Waals surface area (Å²) in [6.45, 7) is 5.53. The SMILES string of the molecule is CC(C)(C)OC(=O)N[C@@](CCCCN)(C(=O)O)C(=O)c1ccc(CNC(=O)OCC2c3ccccc3-c3ccccc32)cc1. The Labute approximate surface area is 256 Å². The van der Waals surface area contributed by atoms with Crippen LogP contribution >= 0.6 is 0 Å². The zero-order valence-corrected chi connectivity index (χ0v) is 25.2. The van der Waals surface area contributed by atoms with E-state index in [1.54, 1.807) is 32.9 Å². The summed E-state index contributed by atoms with van der Waals surface area (Å²) in [5.41, 5.74) is 7.70. The average Bonchev–Trinajstić information content (AvgIpc) is 3.31. The number of Topliss-reactive ketones (excluding diaryl/α,β-unsaturated/α-hetero) is 1. The van der Waals surface area contributed by atoms with E-state index in [4.69, 9.17) is 15.2 Å². The predicted molar refractivity (Wildman–Crippen MR) is 165 cm³/mol. The van der Waals surface area contributed by atoms with Crippen molar-refractivity contribution in [2.75, 3.05) is 13.2 Å². The van der Waals surface area contributed by atoms with Crippen LogP contribution in [-0.4, -0.2) is 53.3 Å². The lowest BCUT2D eigenvalue weighted by atomic mass is 9.84. The van der Waals surface area contributed by atoms with Gasteiger partial charge >= 0.3 is 18.2 Å². The molecule has 0 aliphatic heterocycles. The molecule has 0 radical (unpaired) electrons. The van der Waals surface area contributed by atoms with Crippen molar-refractivity contribution in [3.05, 3.63) is 95.1 Å². The fraction of sp³-hybridized carbons (Fsp3) is 0.353. The number of rotatable bonds is 12. The highest BCUT2D eigenvalue weighted by atomic mass is 16.6. The third kappa shape index (κ3) is 7.44. The van der Waals surface area contributed by atoms with E-state index in [9.17, 15) is 24.3 Å². The van der Waals surface area contributed by atoms with Crippen LogP contribution in [-0.2, 0) is 20.8 Å². The molecule has 232 valence electrons. The van der Waals surface area contributed by atoms with Crippen molar-refractivity contribution in [2.45, 2.75) is 63.6 Å². The molecule has 0 aromatic heterocycles. The molecule has 10 heteroatoms. The fourth-order valence-electron chi connectivity index (χ4n) is 5.35. The molecule has 44 heavy (non-hydrogen) atoms. The van der Waals surface area contributed by atoms with Crippen LogP contribution in [0.15, 0.2) is 72.8 Å². The number of nitrogens with two attached hydrogens (primary N) is 1. The van der Waals surface area contributed by atoms with Crippen molar-refractivity contribution in [3.63, 3.8) is 0 Å². The molecule has 0 fully saturated rings. The monoisotopic (exact) mass is 601 g/mol. The molecule has 10 nitrogen and oxygen atoms in total. The van der Waals surface area contributed by atoms with Gasteiger partial charge in [-0.15, -0.1) is 0 Å². The Bertz CT molecular complexity index is 1470. The van der Waals surface area contributed by atoms with Crippen LogP contribution in [0.4, 0.5) is 9.59 Å². The third-order valence-electron chi connectivity index (χ3n) is 7.47. The zero-order chi connectivity index (χ0) is 31.9. The number of ether oxygens (including phenoxy) is 2. The standard InChI is InChI=1S/C34H39N3O7/c1-33(2,3)44-32(42)37-34(30(39)40,18-8-9-19-35)29(38)23-16-14-22(15-17-23)20-36-31(41)43-21-28-26-12-6-4-10-24(26)25-11-5-7-13-27(25)28/h4-7,10-17,28H,8-9,18-21,35H2,1-3H3,(H,36,41)(H,37,42)(H,39,40)/t34-/m1/s1. The van der Waals surface area contributed by atoms with E-state index in [-0.39, 0.29) is 31.1 Å². The van der Waals surface area contributed by atoms with E-state index in [1.165, 1.54) is 12.1 Å². The number of unbranched alkanes of at least 4 members (excludes halogenated alkanes) is 1. The average molecular weight is 602 g/mol. The number of carboxylic acids is 1. The lowest BCUT2D eigenvalue weighted by Gasteiger charge is -2.30. The number of benzene rings is 3. The summed E-state index contributed by atoms with van der Waals surface area (Å²) >= 11 is 0. The number of carbonyl (C=O) groups is 4. The maximum Gasteiger partial charge on any atom is 0.408 e. The van der Waals surface area contributed by atoms with Crippen LogP contribution in [0.1, 0.15) is 73.0 Å². The molecule has 4 rings (SSSR count). The van der Waals surface area contributed by atoms with Gasteiger partial charge in [0, 0.05) is 18.0 Å². The number of fused-ring (bicyclic) bond motifs is 3. The van der Waals surface area contributed by atoms with Gasteiger partial charge in [-0.25, -0.2) is 14.4 Å². The Morgan fingerprint density at radius 3 is 1.98 bits per heavy atom. The number of alkyl carbamates (subject to hydrolysis) is 2. The Hall–Kier alpha value is -4.70. The number of aliphatic carboxylic acids is 1. The minimum Gasteiger partial charge on any atom is -0.479 e. The van der Waals surface area contributed by atoms with Gasteiger partial charge in [-0.05, 0) is 74.4 Å². The lowest BCUT2D eigenvalue weighted by Crippen LogP contribution is -2.60. The first-order valence-corrected chi connectivity index (χ1v) is 14.6. The lowest BCUT2D eigenvalue weighted by molar-refractivity contribution is -0.143. The van der Waals surface area contributed by atoms with Gasteiger partial charge in [0.05, 0.1) is 0 Å². The minimum absolute atomic E-state index is 0.0629. The summed E-state index contributed by atoms with van der Waals surface area (Å²) in [4.78, 5) is 51.3. The predicted octanol–water partition coefficient (Wildman–Crippen LogP) is 5.39. The van der Waals surface area contributed by atoms with Crippen molar-refractivity contribution < 1.29 is 33.8 Å². The van der Waals surface area contributed by atoms with Crippen LogP contribution in [0.2, 0.25) is 0 Å². The molecular formula is C34H39N3O7. The topological polar surface area (TPSA) is 157 Å². The minimum atomic E-state index is -2.24. The van der Waals surface area contributed by atoms with Crippen molar-refractivity contribution in [1.29, 1.82) is 0 Å². The smallest absolute Gasteiger partial charge is 0.408 e. The van der Waals surface area contributed by atoms with E-state index in [0.717, 1.165) is 22.3 Å². The maximum absolute atomic E-state index is 13.6. The molecule has 2 amide bonds. The molecule has 1 aliphatic rings. The van der Waals surface area contributed by atoms with E-state index in [2.05, 4.69) is 22.8 Å². The number of ketones is 1. The summed E-state index contributed by atoms with van der Waals surface area (Å²) in [7, 11) is 0. The van der Waals surface area contributed by atoms with Gasteiger partial charge in [0.15, 0.2) is 5.78 Å². The maximum atomic E-state index is 13.6. The number of hydrogen-bond donors (Lipinski definition) is 4. The van der Waals surface area contributed by atoms with Gasteiger partial charge in [0.1, 0.15) is 12.2 Å². The van der Waals surface area contributed by atoms with Crippen molar-refractivity contribution >= 4 is 23.9 Å². The highest BCUT2D eigenvalue weighted by Crippen LogP contribution is 2.44. The quantitative estimate of drug-likeness (QED) is 0.122. The fourth-order valence-corrected chi connectivity index (χ4v) is 5.35. The zero-order valence-electron chi connectivity index (χ0n) is 25.2. The molecule has 1 aliphatic carbocycles. The van der Waals surface area contributed by atoms with Crippen LogP contribution in [0.5, 0.6) is 0 Å². The van der Waals surface area contributed by atoms with E-state index in [1.807, 2.05) is 36.4 Å². The Morgan fingerprint density at radius 2 is 1.43 bits per heavy atom. The van der Waals surface area contributed by atoms with Gasteiger partial charge in [0.2, 0.25) is 5.54 Å². The van der Waals surface area contributed by atoms with Crippen LogP contribution in [0.25, 0.3) is 11.1 Å². The number of hydrogen-bond acceptors (Lipinski definition) is 7. The molecule has 1 atom stereocenters. The summed E-state index contributed by atoms with van der Waals surface area (Å²) < 4.78 is 10.8. The first-order chi connectivity index (χ1) is 20.9. The Morgan fingerprint density at radius 1 is 0.841 bits per heavy atom. The molecule has 5 N–H and O–H groups in total. The number of nitrogens with one attached hydrogen (secondary N) is 2. The van der Waals surface area contributed by atoms with Crippen molar-refractivity contribution in [3.8, 4) is 11.1 Å². The Kier molecular flexibility index (Phi) is 10.1. The summed E-state index contributed by atoms with van der Waals surface area (Å²) in [5.74, 6) is -2.35. The molecule has 3 aromatic carbocycles. The van der Waals surface area contributed by atoms with Crippen molar-refractivity contribution in [1.82, 2.24) is 10.6 Å². The molecule has 0 heterocycles. The van der Waals surface area contributed by atoms with Gasteiger partial charge in [-0.2, -0.15) is 0 Å². The molecule has 3 aromatic rings. The summed E-state index contributed by atoms with van der Waals surface area (Å²) in [6.07, 6.45) is -0.989. The van der Waals surface area contributed by atoms with Crippen LogP contribution in [0.3, 0.4) is 0 Å². The molecule has 0 saturated heterocycles. The van der Waals surface area contributed by atoms with Gasteiger partial charge < -0.3 is 25.6 Å². The van der Waals surface area contributed by atoms with Crippen LogP contribution in [0, 0.1) is 0 Å². The number of amides is 2. The third-order valence-corrected chi connectivity index (χ3v) is 7.47. The largest absolute Gasteiger partial charge is 0.479 e. The molecule has 0 saturated carbocycles. The first-order valence-electron chi connectivity index (χ1n) is 14.6. The van der Waals surface area contributed by atoms with E-state index in [0.29, 0.717) is 24.9 Å². The number of carbonyl (C=O) groups excluding carboxylic acids is 3. The van der Waals surface area contributed by atoms with Gasteiger partial charge in [0.25, 0.3) is 0 Å². The van der Waals surface area contributed by atoms with Gasteiger partial charge in [-0.1, -0.05) is 72.8 Å². The summed E-state index contributed by atoms with van der Waals surface area (Å²) in [6, 6.07) is 22.3. The second-order valence-corrected chi connectivity index (χ2v) is 11.8. The number of carboxylic acid groups (broad SMARTS) is 1. The molecule has 0 unspecified atom stereocenters. The Balaban J connectivity index is 1.39. The van der Waals surface area contributed by atoms with Crippen molar-refractivity contribution in [2.24, 2.45) is 5.73 Å². The first kappa shape index (κ1) is 32.2. The van der Waals surface area contributed by atoms with Crippen LogP contribution < -0.4 is 16.4 Å². The summed E-state index contributed by atoms with van der Waals surface area (Å²) in [5, 5.41) is 15.2. The van der Waals surface area contributed by atoms with Gasteiger partial charge in [-0.3, -0.25) is 10.1 Å². The second-order valence-electron chi connectivity index (χ2n) is 11.8. The molecule has 0 bridgehead atoms. The molecule has 0 spiro atoms. The highest BCUT2D eigenvalue weighted by molar-refractivity contribution is 6.17. The van der Waals surface area contributed by atoms with E-state index >= 15 is 0 Å². The second kappa shape index (κ2) is 13.7. The highest BCUT2D eigenvalue weighted by Gasteiger charge is 2.48. The molecular weight excluding hydrogens is 562 g/mol.